The second-order valence-electron chi connectivity index (χ2n) is 7.20. The molecule has 0 bridgehead atoms. The summed E-state index contributed by atoms with van der Waals surface area (Å²) in [6.45, 7) is 1.55. The Morgan fingerprint density at radius 1 is 1.09 bits per heavy atom. The van der Waals surface area contributed by atoms with Gasteiger partial charge in [0.15, 0.2) is 0 Å². The zero-order valence-electron chi connectivity index (χ0n) is 16.9. The van der Waals surface area contributed by atoms with Crippen LogP contribution in [0.3, 0.4) is 0 Å². The molecule has 8 nitrogen and oxygen atoms in total. The maximum atomic E-state index is 12.8. The Bertz CT molecular complexity index is 1070. The van der Waals surface area contributed by atoms with Gasteiger partial charge in [-0.15, -0.1) is 13.2 Å². The number of anilines is 1. The van der Waals surface area contributed by atoms with E-state index in [9.17, 15) is 31.5 Å². The number of nitrogens with one attached hydrogen (secondary N) is 1. The van der Waals surface area contributed by atoms with E-state index >= 15 is 0 Å². The molecule has 1 aliphatic heterocycles. The van der Waals surface area contributed by atoms with Crippen molar-refractivity contribution in [2.75, 3.05) is 18.4 Å². The third-order valence-electron chi connectivity index (χ3n) is 4.83. The number of piperidine rings is 1. The summed E-state index contributed by atoms with van der Waals surface area (Å²) in [7, 11) is -3.76. The zero-order chi connectivity index (χ0) is 23.6. The van der Waals surface area contributed by atoms with Gasteiger partial charge in [-0.3, -0.25) is 5.32 Å². The van der Waals surface area contributed by atoms with Crippen molar-refractivity contribution in [3.05, 3.63) is 54.1 Å². The summed E-state index contributed by atoms with van der Waals surface area (Å²) in [4.78, 5) is 12.3. The first-order valence-corrected chi connectivity index (χ1v) is 11.0. The number of halogens is 3. The van der Waals surface area contributed by atoms with E-state index in [0.29, 0.717) is 5.56 Å². The van der Waals surface area contributed by atoms with Gasteiger partial charge in [0, 0.05) is 31.6 Å². The van der Waals surface area contributed by atoms with Gasteiger partial charge in [-0.2, -0.15) is 4.31 Å². The van der Waals surface area contributed by atoms with Crippen LogP contribution < -0.4 is 10.1 Å². The summed E-state index contributed by atoms with van der Waals surface area (Å²) in [5.74, 6) is -2.35. The van der Waals surface area contributed by atoms with E-state index in [2.05, 4.69) is 10.1 Å². The highest BCUT2D eigenvalue weighted by Gasteiger charge is 2.40. The quantitative estimate of drug-likeness (QED) is 0.642. The lowest BCUT2D eigenvalue weighted by atomic mass is 10.1. The summed E-state index contributed by atoms with van der Waals surface area (Å²) in [5.41, 5.74) is 0.711. The number of alkyl halides is 3. The van der Waals surface area contributed by atoms with Crippen LogP contribution in [0.2, 0.25) is 0 Å². The smallest absolute Gasteiger partial charge is 0.417 e. The minimum atomic E-state index is -4.83. The summed E-state index contributed by atoms with van der Waals surface area (Å²) in [6, 6.07) is 10.9. The molecular formula is C20H21F3N2O6S. The van der Waals surface area contributed by atoms with Gasteiger partial charge >= 0.3 is 12.5 Å². The Hall–Kier alpha value is -2.83. The van der Waals surface area contributed by atoms with Crippen LogP contribution in [0.15, 0.2) is 53.4 Å². The number of sulfonamides is 1. The third-order valence-corrected chi connectivity index (χ3v) is 6.89. The van der Waals surface area contributed by atoms with Crippen LogP contribution in [-0.2, 0) is 14.8 Å². The molecule has 0 radical (unpaired) electrons. The van der Waals surface area contributed by atoms with Crippen molar-refractivity contribution in [1.29, 1.82) is 0 Å². The van der Waals surface area contributed by atoms with Gasteiger partial charge in [-0.1, -0.05) is 18.2 Å². The standard InChI is InChI=1S/C20H21F3N2O6S/c1-14-4-2-3-5-17(14)32(28,29)25-12-10-19(27,11-13-25)31-18(26)24-15-6-8-16(9-7-15)30-20(21,22)23/h2-9,27H,10-13H2,1H3,(H,24,26). The maximum absolute atomic E-state index is 12.8. The van der Waals surface area contributed by atoms with E-state index in [1.165, 1.54) is 22.5 Å². The Labute approximate surface area is 182 Å². The molecular weight excluding hydrogens is 453 g/mol. The molecule has 1 aliphatic rings. The highest BCUT2D eigenvalue weighted by Crippen LogP contribution is 2.29. The lowest BCUT2D eigenvalue weighted by molar-refractivity contribution is -0.274. The van der Waals surface area contributed by atoms with Crippen molar-refractivity contribution in [1.82, 2.24) is 4.31 Å². The van der Waals surface area contributed by atoms with Gasteiger partial charge in [-0.25, -0.2) is 13.2 Å². The van der Waals surface area contributed by atoms with Crippen molar-refractivity contribution >= 4 is 21.8 Å². The number of amides is 1. The molecule has 1 fully saturated rings. The van der Waals surface area contributed by atoms with Crippen molar-refractivity contribution in [2.45, 2.75) is 36.8 Å². The minimum absolute atomic E-state index is 0.0655. The number of ether oxygens (including phenoxy) is 2. The van der Waals surface area contributed by atoms with E-state index in [-0.39, 0.29) is 36.5 Å². The number of carbonyl (C=O) groups is 1. The van der Waals surface area contributed by atoms with E-state index in [1.807, 2.05) is 0 Å². The van der Waals surface area contributed by atoms with Crippen LogP contribution in [0.4, 0.5) is 23.7 Å². The maximum Gasteiger partial charge on any atom is 0.573 e. The summed E-state index contributed by atoms with van der Waals surface area (Å²) < 4.78 is 72.3. The molecule has 1 saturated heterocycles. The number of nitrogens with zero attached hydrogens (tertiary/aromatic N) is 1. The molecule has 2 aromatic carbocycles. The van der Waals surface area contributed by atoms with Crippen molar-refractivity contribution in [2.24, 2.45) is 0 Å². The van der Waals surface area contributed by atoms with Gasteiger partial charge in [0.2, 0.25) is 15.8 Å². The molecule has 0 atom stereocenters. The SMILES string of the molecule is Cc1ccccc1S(=O)(=O)N1CCC(O)(OC(=O)Nc2ccc(OC(F)(F)F)cc2)CC1. The predicted molar refractivity (Wildman–Crippen MR) is 107 cm³/mol. The molecule has 0 aliphatic carbocycles. The molecule has 1 amide bonds. The summed E-state index contributed by atoms with van der Waals surface area (Å²) >= 11 is 0. The van der Waals surface area contributed by atoms with Gasteiger partial charge < -0.3 is 14.6 Å². The first-order valence-electron chi connectivity index (χ1n) is 9.52. The van der Waals surface area contributed by atoms with Crippen LogP contribution in [0, 0.1) is 6.92 Å². The first kappa shape index (κ1) is 23.8. The fraction of sp³-hybridized carbons (Fsp3) is 0.350. The van der Waals surface area contributed by atoms with Crippen LogP contribution in [0.1, 0.15) is 18.4 Å². The van der Waals surface area contributed by atoms with Crippen molar-refractivity contribution in [3.63, 3.8) is 0 Å². The Morgan fingerprint density at radius 3 is 2.25 bits per heavy atom. The number of aryl methyl sites for hydroxylation is 1. The van der Waals surface area contributed by atoms with Crippen LogP contribution >= 0.6 is 0 Å². The van der Waals surface area contributed by atoms with Crippen molar-refractivity contribution in [3.8, 4) is 5.75 Å². The second-order valence-corrected chi connectivity index (χ2v) is 9.11. The van der Waals surface area contributed by atoms with E-state index in [4.69, 9.17) is 4.74 Å². The normalized spacial score (nSPS) is 16.9. The van der Waals surface area contributed by atoms with E-state index < -0.39 is 34.0 Å². The predicted octanol–water partition coefficient (Wildman–Crippen LogP) is 3.62. The average Bonchev–Trinajstić information content (AvgIpc) is 2.68. The number of hydrogen-bond donors (Lipinski definition) is 2. The van der Waals surface area contributed by atoms with Crippen LogP contribution in [0.25, 0.3) is 0 Å². The minimum Gasteiger partial charge on any atom is -0.417 e. The fourth-order valence-corrected chi connectivity index (χ4v) is 4.89. The molecule has 12 heteroatoms. The summed E-state index contributed by atoms with van der Waals surface area (Å²) in [6.07, 6.45) is -6.17. The monoisotopic (exact) mass is 474 g/mol. The number of rotatable bonds is 5. The largest absolute Gasteiger partial charge is 0.573 e. The average molecular weight is 474 g/mol. The first-order chi connectivity index (χ1) is 14.9. The lowest BCUT2D eigenvalue weighted by Gasteiger charge is -2.36. The second kappa shape index (κ2) is 8.96. The molecule has 3 rings (SSSR count). The zero-order valence-corrected chi connectivity index (χ0v) is 17.7. The van der Waals surface area contributed by atoms with E-state index in [0.717, 1.165) is 12.1 Å². The Kier molecular flexibility index (Phi) is 6.67. The van der Waals surface area contributed by atoms with Crippen LogP contribution in [0.5, 0.6) is 5.75 Å². The number of aliphatic hydroxyl groups is 1. The number of hydrogen-bond acceptors (Lipinski definition) is 6. The molecule has 1 heterocycles. The van der Waals surface area contributed by atoms with Gasteiger partial charge in [0.05, 0.1) is 4.90 Å². The number of benzene rings is 2. The lowest BCUT2D eigenvalue weighted by Crippen LogP contribution is -2.49. The molecule has 2 aromatic rings. The van der Waals surface area contributed by atoms with Crippen LogP contribution in [-0.4, -0.2) is 49.2 Å². The molecule has 0 spiro atoms. The molecule has 32 heavy (non-hydrogen) atoms. The fourth-order valence-electron chi connectivity index (χ4n) is 3.22. The molecule has 174 valence electrons. The third kappa shape index (κ3) is 5.90. The number of carbonyl (C=O) groups excluding carboxylic acids is 1. The molecule has 0 unspecified atom stereocenters. The van der Waals surface area contributed by atoms with Gasteiger partial charge in [0.1, 0.15) is 5.75 Å². The molecule has 2 N–H and O–H groups in total. The highest BCUT2D eigenvalue weighted by molar-refractivity contribution is 7.89. The topological polar surface area (TPSA) is 105 Å². The van der Waals surface area contributed by atoms with Crippen molar-refractivity contribution < 1.29 is 41.0 Å². The van der Waals surface area contributed by atoms with E-state index in [1.54, 1.807) is 25.1 Å². The molecule has 0 saturated carbocycles. The van der Waals surface area contributed by atoms with Gasteiger partial charge in [0.25, 0.3) is 0 Å². The molecule has 0 aromatic heterocycles. The summed E-state index contributed by atoms with van der Waals surface area (Å²) in [5, 5.41) is 12.8. The Balaban J connectivity index is 1.56. The highest BCUT2D eigenvalue weighted by atomic mass is 32.2. The Morgan fingerprint density at radius 2 is 1.69 bits per heavy atom. The van der Waals surface area contributed by atoms with Gasteiger partial charge in [-0.05, 0) is 42.8 Å².